The molecule has 2 rings (SSSR count). The minimum atomic E-state index is -0.101. The molecule has 0 aliphatic carbocycles. The molecule has 2 heterocycles. The summed E-state index contributed by atoms with van der Waals surface area (Å²) in [5, 5.41) is 7.14. The molecule has 1 N–H and O–H groups in total. The third-order valence-corrected chi connectivity index (χ3v) is 4.35. The maximum absolute atomic E-state index is 11.6. The predicted octanol–water partition coefficient (Wildman–Crippen LogP) is 0.972. The highest BCUT2D eigenvalue weighted by Crippen LogP contribution is 2.28. The number of hydrogen-bond donors (Lipinski definition) is 1. The zero-order valence-corrected chi connectivity index (χ0v) is 15.6. The Kier molecular flexibility index (Phi) is 6.95. The SMILES string of the molecule is CCCN1C[C@@H](n2cc(NC(C)=O)cn2)C[C@H]1COCC(=O)N(C)C. The van der Waals surface area contributed by atoms with Gasteiger partial charge in [-0.25, -0.2) is 0 Å². The average Bonchev–Trinajstić information content (AvgIpc) is 3.14. The number of rotatable bonds is 8. The van der Waals surface area contributed by atoms with Crippen LogP contribution in [0.3, 0.4) is 0 Å². The highest BCUT2D eigenvalue weighted by atomic mass is 16.5. The Balaban J connectivity index is 1.93. The number of ether oxygens (including phenoxy) is 1. The van der Waals surface area contributed by atoms with Crippen molar-refractivity contribution in [3.63, 3.8) is 0 Å². The summed E-state index contributed by atoms with van der Waals surface area (Å²) in [6.45, 7) is 6.18. The molecule has 25 heavy (non-hydrogen) atoms. The van der Waals surface area contributed by atoms with E-state index < -0.39 is 0 Å². The Morgan fingerprint density at radius 2 is 2.20 bits per heavy atom. The summed E-state index contributed by atoms with van der Waals surface area (Å²) in [7, 11) is 3.45. The minimum absolute atomic E-state index is 0.0244. The van der Waals surface area contributed by atoms with Crippen molar-refractivity contribution in [1.29, 1.82) is 0 Å². The van der Waals surface area contributed by atoms with Crippen LogP contribution in [0.5, 0.6) is 0 Å². The molecule has 0 bridgehead atoms. The van der Waals surface area contributed by atoms with Crippen molar-refractivity contribution in [2.75, 3.05) is 45.7 Å². The first-order valence-corrected chi connectivity index (χ1v) is 8.74. The first-order chi connectivity index (χ1) is 11.9. The van der Waals surface area contributed by atoms with Crippen LogP contribution in [-0.4, -0.2) is 77.8 Å². The van der Waals surface area contributed by atoms with Crippen molar-refractivity contribution in [3.05, 3.63) is 12.4 Å². The van der Waals surface area contributed by atoms with E-state index in [2.05, 4.69) is 22.2 Å². The number of likely N-dealkylation sites (tertiary alicyclic amines) is 1. The smallest absolute Gasteiger partial charge is 0.248 e. The lowest BCUT2D eigenvalue weighted by atomic mass is 10.2. The molecule has 2 atom stereocenters. The molecule has 0 saturated carbocycles. The van der Waals surface area contributed by atoms with Crippen LogP contribution in [0.2, 0.25) is 0 Å². The van der Waals surface area contributed by atoms with Gasteiger partial charge in [-0.3, -0.25) is 19.2 Å². The van der Waals surface area contributed by atoms with Crippen molar-refractivity contribution in [2.45, 2.75) is 38.8 Å². The van der Waals surface area contributed by atoms with Gasteiger partial charge in [0.1, 0.15) is 6.61 Å². The molecule has 1 aromatic heterocycles. The number of likely N-dealkylation sites (N-methyl/N-ethyl adjacent to an activating group) is 1. The fraction of sp³-hybridized carbons (Fsp3) is 0.706. The molecule has 2 amide bonds. The second-order valence-corrected chi connectivity index (χ2v) is 6.73. The molecule has 0 radical (unpaired) electrons. The van der Waals surface area contributed by atoms with Crippen LogP contribution in [0.25, 0.3) is 0 Å². The standard InChI is InChI=1S/C17H29N5O3/c1-5-6-21-10-15(22-9-14(8-18-22)19-13(2)23)7-16(21)11-25-12-17(24)20(3)4/h8-9,15-16H,5-7,10-12H2,1-4H3,(H,19,23)/t15-,16-/m0/s1. The molecule has 8 nitrogen and oxygen atoms in total. The number of anilines is 1. The molecule has 1 fully saturated rings. The van der Waals surface area contributed by atoms with E-state index in [0.29, 0.717) is 12.3 Å². The van der Waals surface area contributed by atoms with Gasteiger partial charge in [0.15, 0.2) is 0 Å². The second kappa shape index (κ2) is 8.96. The topological polar surface area (TPSA) is 79.7 Å². The van der Waals surface area contributed by atoms with Crippen molar-refractivity contribution < 1.29 is 14.3 Å². The molecular weight excluding hydrogens is 322 g/mol. The third-order valence-electron chi connectivity index (χ3n) is 4.35. The summed E-state index contributed by atoms with van der Waals surface area (Å²) >= 11 is 0. The summed E-state index contributed by atoms with van der Waals surface area (Å²) in [5.41, 5.74) is 0.714. The van der Waals surface area contributed by atoms with E-state index in [1.54, 1.807) is 20.3 Å². The highest BCUT2D eigenvalue weighted by molar-refractivity contribution is 5.88. The zero-order chi connectivity index (χ0) is 18.4. The number of nitrogens with one attached hydrogen (secondary N) is 1. The number of hydrogen-bond acceptors (Lipinski definition) is 5. The van der Waals surface area contributed by atoms with Gasteiger partial charge in [0, 0.05) is 39.8 Å². The van der Waals surface area contributed by atoms with E-state index in [9.17, 15) is 9.59 Å². The van der Waals surface area contributed by atoms with Gasteiger partial charge in [0.25, 0.3) is 0 Å². The van der Waals surface area contributed by atoms with E-state index >= 15 is 0 Å². The fourth-order valence-electron chi connectivity index (χ4n) is 3.10. The zero-order valence-electron chi connectivity index (χ0n) is 15.6. The van der Waals surface area contributed by atoms with Gasteiger partial charge in [-0.05, 0) is 19.4 Å². The van der Waals surface area contributed by atoms with E-state index in [-0.39, 0.29) is 30.5 Å². The van der Waals surface area contributed by atoms with Crippen LogP contribution in [0, 0.1) is 0 Å². The summed E-state index contributed by atoms with van der Waals surface area (Å²) in [6, 6.07) is 0.514. The van der Waals surface area contributed by atoms with Crippen LogP contribution in [-0.2, 0) is 14.3 Å². The molecule has 1 aliphatic rings. The Hall–Kier alpha value is -1.93. The summed E-state index contributed by atoms with van der Waals surface area (Å²) < 4.78 is 7.56. The Morgan fingerprint density at radius 1 is 1.44 bits per heavy atom. The van der Waals surface area contributed by atoms with Crippen molar-refractivity contribution in [3.8, 4) is 0 Å². The Bertz CT molecular complexity index is 587. The molecule has 0 unspecified atom stereocenters. The molecule has 0 aromatic carbocycles. The number of carbonyl (C=O) groups is 2. The normalized spacial score (nSPS) is 20.6. The van der Waals surface area contributed by atoms with E-state index in [4.69, 9.17) is 4.74 Å². The fourth-order valence-corrected chi connectivity index (χ4v) is 3.10. The molecule has 0 spiro atoms. The number of nitrogens with zero attached hydrogens (tertiary/aromatic N) is 4. The van der Waals surface area contributed by atoms with Gasteiger partial charge in [-0.15, -0.1) is 0 Å². The Labute approximate surface area is 149 Å². The maximum atomic E-state index is 11.6. The van der Waals surface area contributed by atoms with Crippen molar-refractivity contribution in [2.24, 2.45) is 0 Å². The van der Waals surface area contributed by atoms with Gasteiger partial charge in [0.2, 0.25) is 11.8 Å². The molecule has 1 aliphatic heterocycles. The lowest BCUT2D eigenvalue weighted by Gasteiger charge is -2.23. The largest absolute Gasteiger partial charge is 0.370 e. The van der Waals surface area contributed by atoms with Crippen LogP contribution < -0.4 is 5.32 Å². The monoisotopic (exact) mass is 351 g/mol. The van der Waals surface area contributed by atoms with E-state index in [0.717, 1.165) is 25.9 Å². The maximum Gasteiger partial charge on any atom is 0.248 e. The Morgan fingerprint density at radius 3 is 2.84 bits per heavy atom. The molecule has 8 heteroatoms. The predicted molar refractivity (Wildman–Crippen MR) is 95.3 cm³/mol. The lowest BCUT2D eigenvalue weighted by molar-refractivity contribution is -0.134. The average molecular weight is 351 g/mol. The van der Waals surface area contributed by atoms with E-state index in [1.165, 1.54) is 11.8 Å². The lowest BCUT2D eigenvalue weighted by Crippen LogP contribution is -2.35. The van der Waals surface area contributed by atoms with Crippen LogP contribution in [0.1, 0.15) is 32.7 Å². The van der Waals surface area contributed by atoms with Crippen molar-refractivity contribution >= 4 is 17.5 Å². The van der Waals surface area contributed by atoms with Gasteiger partial charge in [-0.2, -0.15) is 5.10 Å². The number of aromatic nitrogens is 2. The summed E-state index contributed by atoms with van der Waals surface area (Å²) in [6.07, 6.45) is 5.52. The van der Waals surface area contributed by atoms with Gasteiger partial charge >= 0.3 is 0 Å². The van der Waals surface area contributed by atoms with Crippen LogP contribution in [0.4, 0.5) is 5.69 Å². The van der Waals surface area contributed by atoms with Crippen molar-refractivity contribution in [1.82, 2.24) is 19.6 Å². The molecule has 1 aromatic rings. The second-order valence-electron chi connectivity index (χ2n) is 6.73. The van der Waals surface area contributed by atoms with E-state index in [1.807, 2.05) is 10.9 Å². The molecule has 140 valence electrons. The summed E-state index contributed by atoms with van der Waals surface area (Å²) in [4.78, 5) is 26.7. The quantitative estimate of drug-likeness (QED) is 0.755. The van der Waals surface area contributed by atoms with Crippen LogP contribution >= 0.6 is 0 Å². The van der Waals surface area contributed by atoms with Gasteiger partial charge in [0.05, 0.1) is 24.5 Å². The highest BCUT2D eigenvalue weighted by Gasteiger charge is 2.33. The number of amides is 2. The molecular formula is C17H29N5O3. The van der Waals surface area contributed by atoms with Gasteiger partial charge < -0.3 is 15.0 Å². The van der Waals surface area contributed by atoms with Gasteiger partial charge in [-0.1, -0.05) is 6.92 Å². The molecule has 1 saturated heterocycles. The summed E-state index contributed by atoms with van der Waals surface area (Å²) in [5.74, 6) is -0.126. The third kappa shape index (κ3) is 5.54. The first kappa shape index (κ1) is 19.4. The first-order valence-electron chi connectivity index (χ1n) is 8.74. The van der Waals surface area contributed by atoms with Crippen LogP contribution in [0.15, 0.2) is 12.4 Å². The number of carbonyl (C=O) groups excluding carboxylic acids is 2. The minimum Gasteiger partial charge on any atom is -0.370 e.